The Balaban J connectivity index is 3.50. The number of carbonyl (C=O) groups is 1. The molecule has 0 bridgehead atoms. The Morgan fingerprint density at radius 3 is 2.38 bits per heavy atom. The Bertz CT molecular complexity index is 448. The van der Waals surface area contributed by atoms with Crippen molar-refractivity contribution in [1.82, 2.24) is 0 Å². The van der Waals surface area contributed by atoms with E-state index in [9.17, 15) is 4.79 Å². The summed E-state index contributed by atoms with van der Waals surface area (Å²) in [7, 11) is 4.08. The van der Waals surface area contributed by atoms with Crippen molar-refractivity contribution in [3.8, 4) is 17.6 Å². The molecule has 0 atom stereocenters. The fourth-order valence-electron chi connectivity index (χ4n) is 1.32. The number of hydrogen-bond acceptors (Lipinski definition) is 5. The number of benzene rings is 1. The lowest BCUT2D eigenvalue weighted by Crippen LogP contribution is -2.08. The van der Waals surface area contributed by atoms with Gasteiger partial charge < -0.3 is 14.2 Å². The summed E-state index contributed by atoms with van der Waals surface area (Å²) in [6.45, 7) is 0. The Kier molecular flexibility index (Phi) is 3.72. The average Bonchev–Trinajstić information content (AvgIpc) is 2.35. The molecule has 0 spiro atoms. The fraction of sp³-hybridized carbons (Fsp3) is 0.273. The van der Waals surface area contributed by atoms with Gasteiger partial charge in [-0.05, 0) is 12.1 Å². The van der Waals surface area contributed by atoms with Crippen LogP contribution in [0.5, 0.6) is 11.5 Å². The molecular weight excluding hydrogens is 210 g/mol. The fourth-order valence-corrected chi connectivity index (χ4v) is 1.32. The molecule has 0 amide bonds. The zero-order valence-electron chi connectivity index (χ0n) is 9.23. The van der Waals surface area contributed by atoms with Crippen molar-refractivity contribution < 1.29 is 19.0 Å². The van der Waals surface area contributed by atoms with Gasteiger partial charge in [-0.15, -0.1) is 0 Å². The average molecular weight is 221 g/mol. The van der Waals surface area contributed by atoms with E-state index < -0.39 is 5.97 Å². The van der Waals surface area contributed by atoms with Crippen LogP contribution in [-0.2, 0) is 4.74 Å². The first-order chi connectivity index (χ1) is 7.69. The quantitative estimate of drug-likeness (QED) is 0.721. The van der Waals surface area contributed by atoms with Crippen LogP contribution < -0.4 is 9.47 Å². The van der Waals surface area contributed by atoms with E-state index in [0.717, 1.165) is 0 Å². The van der Waals surface area contributed by atoms with E-state index in [1.54, 1.807) is 6.07 Å². The Labute approximate surface area is 93.2 Å². The van der Waals surface area contributed by atoms with Crippen LogP contribution in [0.1, 0.15) is 15.9 Å². The van der Waals surface area contributed by atoms with Crippen molar-refractivity contribution in [2.24, 2.45) is 0 Å². The van der Waals surface area contributed by atoms with Crippen molar-refractivity contribution >= 4 is 5.97 Å². The molecule has 5 nitrogen and oxygen atoms in total. The number of esters is 1. The van der Waals surface area contributed by atoms with Crippen molar-refractivity contribution in [3.05, 3.63) is 23.3 Å². The predicted octanol–water partition coefficient (Wildman–Crippen LogP) is 1.36. The zero-order chi connectivity index (χ0) is 12.1. The summed E-state index contributed by atoms with van der Waals surface area (Å²) in [6.07, 6.45) is 0. The smallest absolute Gasteiger partial charge is 0.343 e. The van der Waals surface area contributed by atoms with Crippen LogP contribution in [0, 0.1) is 11.3 Å². The maximum absolute atomic E-state index is 11.5. The zero-order valence-corrected chi connectivity index (χ0v) is 9.23. The van der Waals surface area contributed by atoms with E-state index in [1.807, 2.05) is 6.07 Å². The molecule has 0 N–H and O–H groups in total. The number of nitriles is 1. The number of ether oxygens (including phenoxy) is 3. The molecule has 0 unspecified atom stereocenters. The minimum absolute atomic E-state index is 0.0758. The van der Waals surface area contributed by atoms with Crippen molar-refractivity contribution in [3.63, 3.8) is 0 Å². The second-order valence-corrected chi connectivity index (χ2v) is 2.83. The highest BCUT2D eigenvalue weighted by Gasteiger charge is 2.21. The van der Waals surface area contributed by atoms with Gasteiger partial charge in [-0.25, -0.2) is 4.79 Å². The minimum atomic E-state index is -0.632. The summed E-state index contributed by atoms with van der Waals surface area (Å²) in [5, 5.41) is 8.89. The molecule has 0 saturated carbocycles. The largest absolute Gasteiger partial charge is 0.493 e. The van der Waals surface area contributed by atoms with Crippen molar-refractivity contribution in [1.29, 1.82) is 5.26 Å². The third-order valence-corrected chi connectivity index (χ3v) is 2.06. The van der Waals surface area contributed by atoms with E-state index in [-0.39, 0.29) is 16.9 Å². The molecule has 0 aliphatic rings. The third kappa shape index (κ3) is 1.91. The lowest BCUT2D eigenvalue weighted by atomic mass is 10.1. The summed E-state index contributed by atoms with van der Waals surface area (Å²) in [4.78, 5) is 11.5. The van der Waals surface area contributed by atoms with Crippen LogP contribution in [0.3, 0.4) is 0 Å². The maximum atomic E-state index is 11.5. The maximum Gasteiger partial charge on any atom is 0.343 e. The first kappa shape index (κ1) is 11.9. The topological polar surface area (TPSA) is 68.6 Å². The van der Waals surface area contributed by atoms with Gasteiger partial charge in [0.05, 0.1) is 26.9 Å². The first-order valence-electron chi connectivity index (χ1n) is 4.43. The Hall–Kier alpha value is -2.22. The van der Waals surface area contributed by atoms with Gasteiger partial charge in [0, 0.05) is 0 Å². The number of methoxy groups -OCH3 is 3. The molecule has 0 saturated heterocycles. The second-order valence-electron chi connectivity index (χ2n) is 2.83. The van der Waals surface area contributed by atoms with E-state index in [0.29, 0.717) is 5.75 Å². The van der Waals surface area contributed by atoms with Crippen molar-refractivity contribution in [2.75, 3.05) is 21.3 Å². The highest BCUT2D eigenvalue weighted by Crippen LogP contribution is 2.33. The Morgan fingerprint density at radius 1 is 1.25 bits per heavy atom. The number of nitrogens with zero attached hydrogens (tertiary/aromatic N) is 1. The third-order valence-electron chi connectivity index (χ3n) is 2.06. The van der Waals surface area contributed by atoms with Crippen LogP contribution in [0.4, 0.5) is 0 Å². The number of carbonyl (C=O) groups excluding carboxylic acids is 1. The SMILES string of the molecule is COC(=O)c1c(C#N)ccc(OC)c1OC. The highest BCUT2D eigenvalue weighted by molar-refractivity contribution is 5.96. The normalized spacial score (nSPS) is 9.12. The monoisotopic (exact) mass is 221 g/mol. The van der Waals surface area contributed by atoms with Gasteiger partial charge in [0.15, 0.2) is 11.5 Å². The summed E-state index contributed by atoms with van der Waals surface area (Å²) < 4.78 is 14.7. The molecule has 16 heavy (non-hydrogen) atoms. The summed E-state index contributed by atoms with van der Waals surface area (Å²) in [6, 6.07) is 4.94. The number of hydrogen-bond donors (Lipinski definition) is 0. The second kappa shape index (κ2) is 5.03. The molecule has 0 aromatic heterocycles. The van der Waals surface area contributed by atoms with Crippen LogP contribution in [-0.4, -0.2) is 27.3 Å². The molecule has 5 heteroatoms. The van der Waals surface area contributed by atoms with E-state index >= 15 is 0 Å². The van der Waals surface area contributed by atoms with Crippen LogP contribution in [0.25, 0.3) is 0 Å². The van der Waals surface area contributed by atoms with Gasteiger partial charge >= 0.3 is 5.97 Å². The van der Waals surface area contributed by atoms with Crippen LogP contribution in [0.2, 0.25) is 0 Å². The van der Waals surface area contributed by atoms with E-state index in [2.05, 4.69) is 4.74 Å². The number of rotatable bonds is 3. The molecular formula is C11H11NO4. The molecule has 1 rings (SSSR count). The van der Waals surface area contributed by atoms with Gasteiger partial charge in [-0.3, -0.25) is 0 Å². The summed E-state index contributed by atoms with van der Waals surface area (Å²) in [5.41, 5.74) is 0.261. The lowest BCUT2D eigenvalue weighted by Gasteiger charge is -2.12. The standard InChI is InChI=1S/C11H11NO4/c1-14-8-5-4-7(6-12)9(10(8)15-2)11(13)16-3/h4-5H,1-3H3. The van der Waals surface area contributed by atoms with Gasteiger partial charge in [0.25, 0.3) is 0 Å². The summed E-state index contributed by atoms with van der Waals surface area (Å²) >= 11 is 0. The minimum Gasteiger partial charge on any atom is -0.493 e. The van der Waals surface area contributed by atoms with E-state index in [1.165, 1.54) is 27.4 Å². The molecule has 1 aromatic rings. The molecule has 84 valence electrons. The summed E-state index contributed by atoms with van der Waals surface area (Å²) in [5.74, 6) is -0.0531. The Morgan fingerprint density at radius 2 is 1.94 bits per heavy atom. The van der Waals surface area contributed by atoms with Gasteiger partial charge in [0.1, 0.15) is 11.6 Å². The van der Waals surface area contributed by atoms with Crippen LogP contribution >= 0.6 is 0 Å². The molecule has 0 radical (unpaired) electrons. The molecule has 1 aromatic carbocycles. The van der Waals surface area contributed by atoms with E-state index in [4.69, 9.17) is 14.7 Å². The lowest BCUT2D eigenvalue weighted by molar-refractivity contribution is 0.0596. The van der Waals surface area contributed by atoms with Gasteiger partial charge in [0.2, 0.25) is 0 Å². The van der Waals surface area contributed by atoms with Crippen LogP contribution in [0.15, 0.2) is 12.1 Å². The highest BCUT2D eigenvalue weighted by atomic mass is 16.5. The van der Waals surface area contributed by atoms with Gasteiger partial charge in [-0.2, -0.15) is 5.26 Å². The molecule has 0 fully saturated rings. The molecule has 0 aliphatic carbocycles. The first-order valence-corrected chi connectivity index (χ1v) is 4.43. The molecule has 0 heterocycles. The van der Waals surface area contributed by atoms with Crippen molar-refractivity contribution in [2.45, 2.75) is 0 Å². The predicted molar refractivity (Wildman–Crippen MR) is 55.6 cm³/mol. The van der Waals surface area contributed by atoms with Gasteiger partial charge in [-0.1, -0.05) is 0 Å². The molecule has 0 aliphatic heterocycles.